The third-order valence-corrected chi connectivity index (χ3v) is 3.58. The first-order valence-corrected chi connectivity index (χ1v) is 7.23. The smallest absolute Gasteiger partial charge is 0.292 e. The van der Waals surface area contributed by atoms with Gasteiger partial charge in [-0.2, -0.15) is 0 Å². The van der Waals surface area contributed by atoms with Crippen LogP contribution in [-0.4, -0.2) is 17.1 Å². The highest BCUT2D eigenvalue weighted by Crippen LogP contribution is 2.23. The molecule has 0 spiro atoms. The van der Waals surface area contributed by atoms with E-state index in [4.69, 9.17) is 5.73 Å². The lowest BCUT2D eigenvalue weighted by molar-refractivity contribution is -0.383. The van der Waals surface area contributed by atoms with Crippen LogP contribution >= 0.6 is 11.8 Å². The Balaban J connectivity index is 2.19. The molecule has 0 aromatic heterocycles. The minimum Gasteiger partial charge on any atom is -0.393 e. The molecule has 0 saturated carbocycles. The third-order valence-electron chi connectivity index (χ3n) is 2.84. The largest absolute Gasteiger partial charge is 0.393 e. The molecule has 0 radical (unpaired) electrons. The molecule has 2 rings (SSSR count). The monoisotopic (exact) mass is 303 g/mol. The van der Waals surface area contributed by atoms with Crippen LogP contribution < -0.4 is 11.1 Å². The average molecular weight is 303 g/mol. The number of hydrogen-bond donors (Lipinski definition) is 2. The molecule has 0 saturated heterocycles. The zero-order valence-electron chi connectivity index (χ0n) is 11.2. The van der Waals surface area contributed by atoms with Crippen LogP contribution in [0.5, 0.6) is 0 Å². The van der Waals surface area contributed by atoms with E-state index in [1.165, 1.54) is 18.2 Å². The number of nitrogens with two attached hydrogens (primary N) is 1. The van der Waals surface area contributed by atoms with Crippen molar-refractivity contribution >= 4 is 34.7 Å². The molecule has 0 aliphatic carbocycles. The van der Waals surface area contributed by atoms with Crippen LogP contribution in [0, 0.1) is 10.1 Å². The Kier molecular flexibility index (Phi) is 4.44. The second-order valence-corrected chi connectivity index (χ2v) is 5.09. The summed E-state index contributed by atoms with van der Waals surface area (Å²) in [6.07, 6.45) is 1.96. The van der Waals surface area contributed by atoms with Crippen LogP contribution in [0.4, 0.5) is 17.1 Å². The fourth-order valence-corrected chi connectivity index (χ4v) is 2.13. The molecule has 0 atom stereocenters. The Morgan fingerprint density at radius 1 is 1.24 bits per heavy atom. The van der Waals surface area contributed by atoms with E-state index in [9.17, 15) is 14.9 Å². The highest BCUT2D eigenvalue weighted by molar-refractivity contribution is 7.98. The second kappa shape index (κ2) is 6.27. The highest BCUT2D eigenvalue weighted by Gasteiger charge is 2.15. The molecular formula is C14H13N3O3S. The maximum absolute atomic E-state index is 12.1. The van der Waals surface area contributed by atoms with E-state index in [2.05, 4.69) is 5.32 Å². The number of thioether (sulfide) groups is 1. The van der Waals surface area contributed by atoms with Crippen molar-refractivity contribution in [3.05, 3.63) is 58.1 Å². The van der Waals surface area contributed by atoms with Crippen molar-refractivity contribution in [2.24, 2.45) is 0 Å². The predicted molar refractivity (Wildman–Crippen MR) is 83.7 cm³/mol. The minimum atomic E-state index is -0.612. The van der Waals surface area contributed by atoms with Crippen molar-refractivity contribution in [3.63, 3.8) is 0 Å². The summed E-state index contributed by atoms with van der Waals surface area (Å²) < 4.78 is 0. The molecule has 2 aromatic rings. The topological polar surface area (TPSA) is 98.3 Å². The van der Waals surface area contributed by atoms with Crippen LogP contribution in [0.25, 0.3) is 0 Å². The molecule has 0 heterocycles. The van der Waals surface area contributed by atoms with Gasteiger partial charge in [0.15, 0.2) is 0 Å². The number of nitrogens with one attached hydrogen (secondary N) is 1. The van der Waals surface area contributed by atoms with Crippen molar-refractivity contribution in [2.75, 3.05) is 17.3 Å². The average Bonchev–Trinajstić information content (AvgIpc) is 2.48. The van der Waals surface area contributed by atoms with Crippen molar-refractivity contribution < 1.29 is 9.72 Å². The number of amides is 1. The first-order chi connectivity index (χ1) is 10.0. The first kappa shape index (κ1) is 14.9. The Morgan fingerprint density at radius 3 is 2.48 bits per heavy atom. The first-order valence-electron chi connectivity index (χ1n) is 6.00. The standard InChI is InChI=1S/C14H13N3O3S/c1-21-11-5-3-10(4-6-11)16-14(18)9-2-7-12(15)13(8-9)17(19)20/h2-8H,15H2,1H3,(H,16,18). The number of nitro benzene ring substituents is 1. The molecule has 1 amide bonds. The van der Waals surface area contributed by atoms with Crippen LogP contribution in [0.2, 0.25) is 0 Å². The molecule has 108 valence electrons. The molecule has 3 N–H and O–H groups in total. The van der Waals surface area contributed by atoms with E-state index in [-0.39, 0.29) is 16.9 Å². The molecule has 21 heavy (non-hydrogen) atoms. The van der Waals surface area contributed by atoms with E-state index in [1.807, 2.05) is 18.4 Å². The molecular weight excluding hydrogens is 290 g/mol. The Morgan fingerprint density at radius 2 is 1.90 bits per heavy atom. The number of benzene rings is 2. The SMILES string of the molecule is CSc1ccc(NC(=O)c2ccc(N)c([N+](=O)[O-])c2)cc1. The van der Waals surface area contributed by atoms with Gasteiger partial charge in [0.25, 0.3) is 11.6 Å². The minimum absolute atomic E-state index is 0.0286. The number of rotatable bonds is 4. The van der Waals surface area contributed by atoms with Gasteiger partial charge >= 0.3 is 0 Å². The summed E-state index contributed by atoms with van der Waals surface area (Å²) in [5.74, 6) is -0.421. The molecule has 6 nitrogen and oxygen atoms in total. The summed E-state index contributed by atoms with van der Waals surface area (Å²) in [4.78, 5) is 23.4. The van der Waals surface area contributed by atoms with Gasteiger partial charge in [-0.05, 0) is 42.7 Å². The van der Waals surface area contributed by atoms with Gasteiger partial charge in [0.05, 0.1) is 4.92 Å². The van der Waals surface area contributed by atoms with Crippen molar-refractivity contribution in [2.45, 2.75) is 4.90 Å². The van der Waals surface area contributed by atoms with Crippen LogP contribution in [-0.2, 0) is 0 Å². The quantitative estimate of drug-likeness (QED) is 0.391. The number of carbonyl (C=O) groups is 1. The van der Waals surface area contributed by atoms with Crippen LogP contribution in [0.3, 0.4) is 0 Å². The van der Waals surface area contributed by atoms with Crippen molar-refractivity contribution in [3.8, 4) is 0 Å². The van der Waals surface area contributed by atoms with E-state index >= 15 is 0 Å². The normalized spacial score (nSPS) is 10.1. The van der Waals surface area contributed by atoms with E-state index in [0.29, 0.717) is 5.69 Å². The number of hydrogen-bond acceptors (Lipinski definition) is 5. The fourth-order valence-electron chi connectivity index (χ4n) is 1.72. The van der Waals surface area contributed by atoms with E-state index in [1.54, 1.807) is 23.9 Å². The zero-order chi connectivity index (χ0) is 15.4. The summed E-state index contributed by atoms with van der Waals surface area (Å²) in [5, 5.41) is 13.5. The molecule has 0 bridgehead atoms. The lowest BCUT2D eigenvalue weighted by atomic mass is 10.1. The number of nitrogens with zero attached hydrogens (tertiary/aromatic N) is 1. The fraction of sp³-hybridized carbons (Fsp3) is 0.0714. The lowest BCUT2D eigenvalue weighted by Gasteiger charge is -2.06. The van der Waals surface area contributed by atoms with Gasteiger partial charge in [0.2, 0.25) is 0 Å². The van der Waals surface area contributed by atoms with Gasteiger partial charge in [0, 0.05) is 22.2 Å². The molecule has 0 aliphatic heterocycles. The number of nitrogen functional groups attached to an aromatic ring is 1. The molecule has 7 heteroatoms. The van der Waals surface area contributed by atoms with Crippen molar-refractivity contribution in [1.82, 2.24) is 0 Å². The van der Waals surface area contributed by atoms with Gasteiger partial charge in [0.1, 0.15) is 5.69 Å². The summed E-state index contributed by atoms with van der Waals surface area (Å²) in [5.41, 5.74) is 6.06. The maximum Gasteiger partial charge on any atom is 0.292 e. The number of carbonyl (C=O) groups excluding carboxylic acids is 1. The van der Waals surface area contributed by atoms with E-state index < -0.39 is 10.8 Å². The number of nitro groups is 1. The zero-order valence-corrected chi connectivity index (χ0v) is 12.0. The Hall–Kier alpha value is -2.54. The lowest BCUT2D eigenvalue weighted by Crippen LogP contribution is -2.12. The molecule has 0 aliphatic rings. The summed E-state index contributed by atoms with van der Waals surface area (Å²) >= 11 is 1.60. The van der Waals surface area contributed by atoms with Crippen LogP contribution in [0.15, 0.2) is 47.4 Å². The summed E-state index contributed by atoms with van der Waals surface area (Å²) in [6.45, 7) is 0. The number of anilines is 2. The van der Waals surface area contributed by atoms with Gasteiger partial charge < -0.3 is 11.1 Å². The van der Waals surface area contributed by atoms with Crippen LogP contribution in [0.1, 0.15) is 10.4 Å². The second-order valence-electron chi connectivity index (χ2n) is 4.21. The van der Waals surface area contributed by atoms with Crippen molar-refractivity contribution in [1.29, 1.82) is 0 Å². The molecule has 0 fully saturated rings. The Labute approximate surface area is 125 Å². The van der Waals surface area contributed by atoms with E-state index in [0.717, 1.165) is 4.90 Å². The highest BCUT2D eigenvalue weighted by atomic mass is 32.2. The Bertz CT molecular complexity index is 686. The van der Waals surface area contributed by atoms with Gasteiger partial charge in [-0.15, -0.1) is 11.8 Å². The molecule has 0 unspecified atom stereocenters. The van der Waals surface area contributed by atoms with Gasteiger partial charge in [-0.25, -0.2) is 0 Å². The van der Waals surface area contributed by atoms with Gasteiger partial charge in [-0.3, -0.25) is 14.9 Å². The maximum atomic E-state index is 12.1. The molecule has 2 aromatic carbocycles. The summed E-state index contributed by atoms with van der Waals surface area (Å²) in [6, 6.07) is 11.3. The summed E-state index contributed by atoms with van der Waals surface area (Å²) in [7, 11) is 0. The van der Waals surface area contributed by atoms with Gasteiger partial charge in [-0.1, -0.05) is 0 Å². The predicted octanol–water partition coefficient (Wildman–Crippen LogP) is 3.15. The third kappa shape index (κ3) is 3.51.